The predicted molar refractivity (Wildman–Crippen MR) is 95.4 cm³/mol. The first kappa shape index (κ1) is 16.5. The molecule has 0 spiro atoms. The van der Waals surface area contributed by atoms with Gasteiger partial charge in [-0.1, -0.05) is 26.3 Å². The molecule has 0 aromatic carbocycles. The molecule has 2 heteroatoms. The number of carbonyl (C=O) groups is 2. The van der Waals surface area contributed by atoms with E-state index in [9.17, 15) is 9.59 Å². The highest BCUT2D eigenvalue weighted by molar-refractivity contribution is 5.91. The first-order valence-electron chi connectivity index (χ1n) is 10.0. The minimum atomic E-state index is 0.228. The lowest BCUT2D eigenvalue weighted by Gasteiger charge is -2.59. The average Bonchev–Trinajstić information content (AvgIpc) is 2.87. The highest BCUT2D eigenvalue weighted by Gasteiger charge is 2.60. The van der Waals surface area contributed by atoms with Gasteiger partial charge < -0.3 is 0 Å². The minimum absolute atomic E-state index is 0.228. The maximum atomic E-state index is 12.2. The van der Waals surface area contributed by atoms with E-state index in [0.717, 1.165) is 31.1 Å². The first-order chi connectivity index (χ1) is 11.3. The van der Waals surface area contributed by atoms with Crippen molar-refractivity contribution in [2.75, 3.05) is 0 Å². The number of hydrogen-bond acceptors (Lipinski definition) is 2. The summed E-state index contributed by atoms with van der Waals surface area (Å²) >= 11 is 0. The molecule has 7 atom stereocenters. The van der Waals surface area contributed by atoms with Gasteiger partial charge in [0.25, 0.3) is 0 Å². The maximum absolute atomic E-state index is 12.2. The Hall–Kier alpha value is -0.920. The number of hydrogen-bond donors (Lipinski definition) is 0. The zero-order chi connectivity index (χ0) is 17.3. The van der Waals surface area contributed by atoms with E-state index in [0.29, 0.717) is 23.4 Å². The van der Waals surface area contributed by atoms with E-state index >= 15 is 0 Å². The number of carbonyl (C=O) groups excluding carboxylic acids is 2. The second-order valence-corrected chi connectivity index (χ2v) is 9.78. The van der Waals surface area contributed by atoms with Crippen LogP contribution in [0, 0.1) is 40.4 Å². The van der Waals surface area contributed by atoms with Crippen LogP contribution in [0.1, 0.15) is 72.6 Å². The molecule has 4 aliphatic rings. The van der Waals surface area contributed by atoms with Crippen LogP contribution in [0.25, 0.3) is 0 Å². The fraction of sp³-hybridized carbons (Fsp3) is 0.818. The van der Waals surface area contributed by atoms with Crippen molar-refractivity contribution in [3.63, 3.8) is 0 Å². The molecule has 0 bridgehead atoms. The van der Waals surface area contributed by atoms with Gasteiger partial charge in [-0.3, -0.25) is 9.59 Å². The molecule has 4 rings (SSSR count). The van der Waals surface area contributed by atoms with Crippen molar-refractivity contribution >= 4 is 11.6 Å². The molecule has 24 heavy (non-hydrogen) atoms. The van der Waals surface area contributed by atoms with E-state index in [2.05, 4.69) is 20.8 Å². The summed E-state index contributed by atoms with van der Waals surface area (Å²) in [5.41, 5.74) is 1.91. The fourth-order valence-electron chi connectivity index (χ4n) is 7.65. The predicted octanol–water partition coefficient (Wildman–Crippen LogP) is 4.97. The van der Waals surface area contributed by atoms with Gasteiger partial charge >= 0.3 is 0 Å². The van der Waals surface area contributed by atoms with Gasteiger partial charge in [0, 0.05) is 12.3 Å². The third kappa shape index (κ3) is 2.07. The summed E-state index contributed by atoms with van der Waals surface area (Å²) < 4.78 is 0. The van der Waals surface area contributed by atoms with E-state index in [-0.39, 0.29) is 16.7 Å². The second-order valence-electron chi connectivity index (χ2n) is 9.78. The number of Topliss-reactive ketones (excluding diaryl/α,β-unsaturated/α-hetero) is 1. The molecule has 0 aromatic rings. The Morgan fingerprint density at radius 1 is 1.12 bits per heavy atom. The van der Waals surface area contributed by atoms with Gasteiger partial charge in [0.05, 0.1) is 0 Å². The third-order valence-electron chi connectivity index (χ3n) is 8.77. The lowest BCUT2D eigenvalue weighted by molar-refractivity contribution is -0.129. The van der Waals surface area contributed by atoms with Gasteiger partial charge in [-0.15, -0.1) is 0 Å². The van der Waals surface area contributed by atoms with Crippen LogP contribution >= 0.6 is 0 Å². The molecular formula is C22H32O2. The van der Waals surface area contributed by atoms with E-state index in [4.69, 9.17) is 0 Å². The van der Waals surface area contributed by atoms with Crippen molar-refractivity contribution in [2.45, 2.75) is 72.6 Å². The number of ketones is 2. The van der Waals surface area contributed by atoms with Crippen molar-refractivity contribution in [3.8, 4) is 0 Å². The third-order valence-corrected chi connectivity index (χ3v) is 8.77. The molecule has 0 heterocycles. The van der Waals surface area contributed by atoms with Crippen molar-refractivity contribution in [1.82, 2.24) is 0 Å². The van der Waals surface area contributed by atoms with Crippen molar-refractivity contribution in [3.05, 3.63) is 11.6 Å². The van der Waals surface area contributed by atoms with Crippen molar-refractivity contribution in [1.29, 1.82) is 0 Å². The summed E-state index contributed by atoms with van der Waals surface area (Å²) in [7, 11) is 0. The standard InChI is InChI=1S/C22H32O2/c1-13-11-16-18-6-5-17(14(2)23)21(18,3)10-8-19(16)22(4)9-7-15(24)12-20(13)22/h12-13,16-19H,5-11H2,1-4H3/t13-,16-,17+,18-,19-,21+,22+/m0/s1. The molecular weight excluding hydrogens is 296 g/mol. The number of fused-ring (bicyclic) bond motifs is 5. The van der Waals surface area contributed by atoms with Crippen molar-refractivity contribution < 1.29 is 9.59 Å². The Kier molecular flexibility index (Phi) is 3.64. The number of rotatable bonds is 1. The smallest absolute Gasteiger partial charge is 0.155 e. The Balaban J connectivity index is 1.71. The minimum Gasteiger partial charge on any atom is -0.300 e. The fourth-order valence-corrected chi connectivity index (χ4v) is 7.65. The molecule has 2 nitrogen and oxygen atoms in total. The highest BCUT2D eigenvalue weighted by atomic mass is 16.1. The van der Waals surface area contributed by atoms with E-state index < -0.39 is 0 Å². The molecule has 132 valence electrons. The molecule has 4 aliphatic carbocycles. The number of allylic oxidation sites excluding steroid dienone is 1. The molecule has 3 saturated carbocycles. The van der Waals surface area contributed by atoms with Crippen LogP contribution in [-0.4, -0.2) is 11.6 Å². The summed E-state index contributed by atoms with van der Waals surface area (Å²) in [5, 5.41) is 0. The highest BCUT2D eigenvalue weighted by Crippen LogP contribution is 2.67. The molecule has 0 aromatic heterocycles. The lowest BCUT2D eigenvalue weighted by atomic mass is 9.45. The SMILES string of the molecule is CC(=O)[C@H]1CC[C@H]2[C@@H]3C[C@H](C)C4=CC(=O)CC[C@]4(C)[C@H]3CC[C@]12C. The lowest BCUT2D eigenvalue weighted by Crippen LogP contribution is -2.52. The van der Waals surface area contributed by atoms with Crippen LogP contribution in [0.15, 0.2) is 11.6 Å². The van der Waals surface area contributed by atoms with Gasteiger partial charge in [-0.2, -0.15) is 0 Å². The Labute approximate surface area is 146 Å². The Bertz CT molecular complexity index is 617. The zero-order valence-electron chi connectivity index (χ0n) is 15.7. The van der Waals surface area contributed by atoms with E-state index in [1.165, 1.54) is 31.3 Å². The molecule has 0 aliphatic heterocycles. The van der Waals surface area contributed by atoms with Gasteiger partial charge in [-0.05, 0) is 86.0 Å². The van der Waals surface area contributed by atoms with Gasteiger partial charge in [0.15, 0.2) is 5.78 Å². The maximum Gasteiger partial charge on any atom is 0.155 e. The van der Waals surface area contributed by atoms with Crippen LogP contribution in [0.3, 0.4) is 0 Å². The second kappa shape index (κ2) is 5.29. The molecule has 0 N–H and O–H groups in total. The van der Waals surface area contributed by atoms with Crippen LogP contribution in [0.5, 0.6) is 0 Å². The van der Waals surface area contributed by atoms with Crippen LogP contribution in [0.4, 0.5) is 0 Å². The molecule has 0 radical (unpaired) electrons. The molecule has 0 saturated heterocycles. The Morgan fingerprint density at radius 2 is 1.88 bits per heavy atom. The van der Waals surface area contributed by atoms with Gasteiger partial charge in [0.2, 0.25) is 0 Å². The zero-order valence-corrected chi connectivity index (χ0v) is 15.7. The average molecular weight is 328 g/mol. The molecule has 0 amide bonds. The van der Waals surface area contributed by atoms with Crippen molar-refractivity contribution in [2.24, 2.45) is 40.4 Å². The monoisotopic (exact) mass is 328 g/mol. The van der Waals surface area contributed by atoms with E-state index in [1.54, 1.807) is 0 Å². The molecule has 0 unspecified atom stereocenters. The summed E-state index contributed by atoms with van der Waals surface area (Å²) in [5.74, 6) is 3.75. The van der Waals surface area contributed by atoms with E-state index in [1.807, 2.05) is 13.0 Å². The summed E-state index contributed by atoms with van der Waals surface area (Å²) in [6, 6.07) is 0. The summed E-state index contributed by atoms with van der Waals surface area (Å²) in [4.78, 5) is 24.2. The quantitative estimate of drug-likeness (QED) is 0.681. The van der Waals surface area contributed by atoms with Crippen LogP contribution in [0.2, 0.25) is 0 Å². The van der Waals surface area contributed by atoms with Gasteiger partial charge in [0.1, 0.15) is 5.78 Å². The summed E-state index contributed by atoms with van der Waals surface area (Å²) in [6.07, 6.45) is 9.80. The topological polar surface area (TPSA) is 34.1 Å². The van der Waals surface area contributed by atoms with Gasteiger partial charge in [-0.25, -0.2) is 0 Å². The largest absolute Gasteiger partial charge is 0.300 e. The summed E-state index contributed by atoms with van der Waals surface area (Å²) in [6.45, 7) is 9.00. The Morgan fingerprint density at radius 3 is 2.58 bits per heavy atom. The normalized spacial score (nSPS) is 50.6. The first-order valence-corrected chi connectivity index (χ1v) is 10.0. The van der Waals surface area contributed by atoms with Crippen LogP contribution in [-0.2, 0) is 9.59 Å². The van der Waals surface area contributed by atoms with Crippen LogP contribution < -0.4 is 0 Å². The molecule has 3 fully saturated rings.